The number of likely N-dealkylation sites (tertiary alicyclic amines) is 1. The van der Waals surface area contributed by atoms with Gasteiger partial charge in [-0.1, -0.05) is 0 Å². The van der Waals surface area contributed by atoms with Gasteiger partial charge in [0.2, 0.25) is 15.9 Å². The molecule has 0 unspecified atom stereocenters. The third-order valence-corrected chi connectivity index (χ3v) is 3.53. The Hall–Kier alpha value is -0.660. The van der Waals surface area contributed by atoms with E-state index in [1.807, 2.05) is 0 Å². The summed E-state index contributed by atoms with van der Waals surface area (Å²) in [5.41, 5.74) is 0. The summed E-state index contributed by atoms with van der Waals surface area (Å²) < 4.78 is 21.4. The van der Waals surface area contributed by atoms with Crippen molar-refractivity contribution in [3.05, 3.63) is 0 Å². The zero-order valence-electron chi connectivity index (χ0n) is 9.48. The predicted octanol–water partition coefficient (Wildman–Crippen LogP) is -1.12. The van der Waals surface area contributed by atoms with Gasteiger partial charge in [-0.25, -0.2) is 13.6 Å². The molecule has 94 valence electrons. The minimum Gasteiger partial charge on any atom is -0.343 e. The predicted molar refractivity (Wildman–Crippen MR) is 61.3 cm³/mol. The topological polar surface area (TPSA) is 92.5 Å². The second kappa shape index (κ2) is 5.60. The fourth-order valence-electron chi connectivity index (χ4n) is 1.80. The van der Waals surface area contributed by atoms with E-state index < -0.39 is 10.0 Å². The molecule has 0 spiro atoms. The van der Waals surface area contributed by atoms with Gasteiger partial charge < -0.3 is 10.2 Å². The molecule has 1 heterocycles. The van der Waals surface area contributed by atoms with Gasteiger partial charge in [0.25, 0.3) is 0 Å². The van der Waals surface area contributed by atoms with Crippen LogP contribution in [0.5, 0.6) is 0 Å². The standard InChI is InChI=1S/C9H19N3O3S/c1-8(13)12-5-2-9(3-6-12)11-4-7-16(10,14)15/h9,11H,2-7H2,1H3,(H2,10,14,15). The summed E-state index contributed by atoms with van der Waals surface area (Å²) in [6.07, 6.45) is 1.73. The van der Waals surface area contributed by atoms with E-state index in [2.05, 4.69) is 5.32 Å². The molecule has 0 aromatic rings. The smallest absolute Gasteiger partial charge is 0.219 e. The Morgan fingerprint density at radius 1 is 1.44 bits per heavy atom. The number of primary sulfonamides is 1. The SMILES string of the molecule is CC(=O)N1CCC(NCCS(N)(=O)=O)CC1. The molecule has 0 aliphatic carbocycles. The van der Waals surface area contributed by atoms with Crippen LogP contribution in [0, 0.1) is 0 Å². The molecule has 1 aliphatic heterocycles. The van der Waals surface area contributed by atoms with Crippen molar-refractivity contribution in [3.63, 3.8) is 0 Å². The maximum absolute atomic E-state index is 11.1. The van der Waals surface area contributed by atoms with Crippen molar-refractivity contribution >= 4 is 15.9 Å². The second-order valence-electron chi connectivity index (χ2n) is 4.10. The number of nitrogens with zero attached hydrogens (tertiary/aromatic N) is 1. The lowest BCUT2D eigenvalue weighted by atomic mass is 10.1. The normalized spacial score (nSPS) is 18.8. The average Bonchev–Trinajstić information content (AvgIpc) is 2.16. The largest absolute Gasteiger partial charge is 0.343 e. The average molecular weight is 249 g/mol. The Balaban J connectivity index is 2.20. The van der Waals surface area contributed by atoms with Gasteiger partial charge in [0.1, 0.15) is 0 Å². The van der Waals surface area contributed by atoms with E-state index in [9.17, 15) is 13.2 Å². The van der Waals surface area contributed by atoms with Crippen molar-refractivity contribution in [2.75, 3.05) is 25.4 Å². The molecule has 1 fully saturated rings. The molecule has 0 aromatic heterocycles. The molecule has 6 nitrogen and oxygen atoms in total. The van der Waals surface area contributed by atoms with Crippen LogP contribution < -0.4 is 10.5 Å². The summed E-state index contributed by atoms with van der Waals surface area (Å²) in [6.45, 7) is 3.42. The first-order valence-corrected chi connectivity index (χ1v) is 7.09. The van der Waals surface area contributed by atoms with Gasteiger partial charge in [-0.3, -0.25) is 4.79 Å². The highest BCUT2D eigenvalue weighted by Crippen LogP contribution is 2.09. The van der Waals surface area contributed by atoms with E-state index in [1.54, 1.807) is 11.8 Å². The number of piperidine rings is 1. The molecule has 7 heteroatoms. The van der Waals surface area contributed by atoms with Crippen molar-refractivity contribution in [3.8, 4) is 0 Å². The number of carbonyl (C=O) groups is 1. The molecule has 1 aliphatic rings. The van der Waals surface area contributed by atoms with Crippen LogP contribution in [-0.4, -0.2) is 50.7 Å². The molecular weight excluding hydrogens is 230 g/mol. The molecule has 16 heavy (non-hydrogen) atoms. The van der Waals surface area contributed by atoms with E-state index >= 15 is 0 Å². The van der Waals surface area contributed by atoms with E-state index in [1.165, 1.54) is 0 Å². The number of sulfonamides is 1. The lowest BCUT2D eigenvalue weighted by molar-refractivity contribution is -0.129. The Kier molecular flexibility index (Phi) is 4.69. The number of hydrogen-bond donors (Lipinski definition) is 2. The van der Waals surface area contributed by atoms with Crippen LogP contribution in [0.25, 0.3) is 0 Å². The molecule has 1 saturated heterocycles. The fourth-order valence-corrected chi connectivity index (χ4v) is 2.21. The summed E-state index contributed by atoms with van der Waals surface area (Å²) in [5.74, 6) is 0.0582. The first-order valence-electron chi connectivity index (χ1n) is 5.38. The van der Waals surface area contributed by atoms with E-state index in [4.69, 9.17) is 5.14 Å². The van der Waals surface area contributed by atoms with E-state index in [0.717, 1.165) is 25.9 Å². The van der Waals surface area contributed by atoms with Gasteiger partial charge in [-0.05, 0) is 12.8 Å². The first kappa shape index (κ1) is 13.4. The summed E-state index contributed by atoms with van der Waals surface area (Å²) in [7, 11) is -3.38. The van der Waals surface area contributed by atoms with Crippen LogP contribution in [0.15, 0.2) is 0 Å². The van der Waals surface area contributed by atoms with Crippen molar-refractivity contribution in [1.29, 1.82) is 0 Å². The monoisotopic (exact) mass is 249 g/mol. The summed E-state index contributed by atoms with van der Waals surface area (Å²) in [4.78, 5) is 12.9. The van der Waals surface area contributed by atoms with Gasteiger partial charge in [-0.2, -0.15) is 0 Å². The maximum Gasteiger partial charge on any atom is 0.219 e. The third-order valence-electron chi connectivity index (χ3n) is 2.76. The molecule has 0 saturated carbocycles. The van der Waals surface area contributed by atoms with Crippen LogP contribution in [0.3, 0.4) is 0 Å². The Bertz CT molecular complexity index is 334. The Morgan fingerprint density at radius 3 is 2.44 bits per heavy atom. The highest BCUT2D eigenvalue weighted by atomic mass is 32.2. The number of rotatable bonds is 4. The molecule has 3 N–H and O–H groups in total. The van der Waals surface area contributed by atoms with Gasteiger partial charge in [0, 0.05) is 32.6 Å². The zero-order chi connectivity index (χ0) is 12.2. The van der Waals surface area contributed by atoms with Gasteiger partial charge >= 0.3 is 0 Å². The number of hydrogen-bond acceptors (Lipinski definition) is 4. The van der Waals surface area contributed by atoms with Crippen LogP contribution in [0.4, 0.5) is 0 Å². The van der Waals surface area contributed by atoms with Gasteiger partial charge in [-0.15, -0.1) is 0 Å². The van der Waals surface area contributed by atoms with Crippen molar-refractivity contribution in [2.45, 2.75) is 25.8 Å². The third kappa shape index (κ3) is 4.91. The van der Waals surface area contributed by atoms with Crippen LogP contribution in [-0.2, 0) is 14.8 Å². The quantitative estimate of drug-likeness (QED) is 0.660. The summed E-state index contributed by atoms with van der Waals surface area (Å²) in [6, 6.07) is 0.289. The van der Waals surface area contributed by atoms with Crippen molar-refractivity contribution < 1.29 is 13.2 Å². The maximum atomic E-state index is 11.1. The summed E-state index contributed by atoms with van der Waals surface area (Å²) >= 11 is 0. The minimum atomic E-state index is -3.38. The highest BCUT2D eigenvalue weighted by Gasteiger charge is 2.20. The molecule has 0 aromatic carbocycles. The zero-order valence-corrected chi connectivity index (χ0v) is 10.3. The molecule has 1 rings (SSSR count). The van der Waals surface area contributed by atoms with Gasteiger partial charge in [0.15, 0.2) is 0 Å². The van der Waals surface area contributed by atoms with Crippen LogP contribution in [0.2, 0.25) is 0 Å². The number of nitrogens with two attached hydrogens (primary N) is 1. The highest BCUT2D eigenvalue weighted by molar-refractivity contribution is 7.89. The molecule has 0 bridgehead atoms. The minimum absolute atomic E-state index is 0.0417. The fraction of sp³-hybridized carbons (Fsp3) is 0.889. The Labute approximate surface area is 96.2 Å². The lowest BCUT2D eigenvalue weighted by Crippen LogP contribution is -2.45. The van der Waals surface area contributed by atoms with E-state index in [0.29, 0.717) is 6.54 Å². The van der Waals surface area contributed by atoms with Crippen LogP contribution in [0.1, 0.15) is 19.8 Å². The van der Waals surface area contributed by atoms with Crippen molar-refractivity contribution in [2.24, 2.45) is 5.14 Å². The van der Waals surface area contributed by atoms with E-state index in [-0.39, 0.29) is 17.7 Å². The number of carbonyl (C=O) groups excluding carboxylic acids is 1. The summed E-state index contributed by atoms with van der Waals surface area (Å²) in [5, 5.41) is 8.03. The lowest BCUT2D eigenvalue weighted by Gasteiger charge is -2.31. The molecule has 0 atom stereocenters. The first-order chi connectivity index (χ1) is 7.38. The Morgan fingerprint density at radius 2 is 2.00 bits per heavy atom. The van der Waals surface area contributed by atoms with Crippen LogP contribution >= 0.6 is 0 Å². The molecule has 1 amide bonds. The number of amides is 1. The second-order valence-corrected chi connectivity index (χ2v) is 5.84. The van der Waals surface area contributed by atoms with Gasteiger partial charge in [0.05, 0.1) is 5.75 Å². The number of nitrogens with one attached hydrogen (secondary N) is 1. The molecule has 0 radical (unpaired) electrons. The molecular formula is C9H19N3O3S. The van der Waals surface area contributed by atoms with Crippen molar-refractivity contribution in [1.82, 2.24) is 10.2 Å².